The van der Waals surface area contributed by atoms with Crippen LogP contribution in [0.1, 0.15) is 18.9 Å². The number of halogens is 1. The van der Waals surface area contributed by atoms with Gasteiger partial charge in [-0.15, -0.1) is 0 Å². The van der Waals surface area contributed by atoms with Crippen LogP contribution < -0.4 is 10.2 Å². The maximum atomic E-state index is 12.2. The van der Waals surface area contributed by atoms with Gasteiger partial charge in [-0.3, -0.25) is 9.59 Å². The number of piperazine rings is 1. The van der Waals surface area contributed by atoms with Crippen molar-refractivity contribution in [3.8, 4) is 0 Å². The molecule has 2 aromatic carbocycles. The fourth-order valence-corrected chi connectivity index (χ4v) is 3.42. The zero-order valence-corrected chi connectivity index (χ0v) is 16.2. The lowest BCUT2D eigenvalue weighted by atomic mass is 10.1. The van der Waals surface area contributed by atoms with E-state index < -0.39 is 0 Å². The van der Waals surface area contributed by atoms with Gasteiger partial charge in [0.15, 0.2) is 0 Å². The third kappa shape index (κ3) is 5.47. The van der Waals surface area contributed by atoms with Gasteiger partial charge in [0.2, 0.25) is 11.8 Å². The molecule has 0 saturated carbocycles. The largest absolute Gasteiger partial charge is 0.368 e. The Bertz CT molecular complexity index is 799. The Kier molecular flexibility index (Phi) is 6.35. The van der Waals surface area contributed by atoms with Crippen LogP contribution in [0.15, 0.2) is 48.5 Å². The van der Waals surface area contributed by atoms with Gasteiger partial charge in [-0.1, -0.05) is 23.7 Å². The summed E-state index contributed by atoms with van der Waals surface area (Å²) in [4.78, 5) is 27.7. The number of carbonyl (C=O) groups is 2. The SMILES string of the molecule is CC(=O)N1CCN(c2ccc(NC(=O)CCc3cccc(Cl)c3)cc2)CC1. The molecule has 6 heteroatoms. The first kappa shape index (κ1) is 19.2. The molecule has 0 aliphatic carbocycles. The average Bonchev–Trinajstić information content (AvgIpc) is 2.67. The predicted molar refractivity (Wildman–Crippen MR) is 109 cm³/mol. The summed E-state index contributed by atoms with van der Waals surface area (Å²) in [7, 11) is 0. The second kappa shape index (κ2) is 8.91. The summed E-state index contributed by atoms with van der Waals surface area (Å²) in [6.45, 7) is 4.75. The topological polar surface area (TPSA) is 52.7 Å². The summed E-state index contributed by atoms with van der Waals surface area (Å²) >= 11 is 5.97. The third-order valence-corrected chi connectivity index (χ3v) is 5.01. The lowest BCUT2D eigenvalue weighted by Crippen LogP contribution is -2.48. The smallest absolute Gasteiger partial charge is 0.224 e. The van der Waals surface area contributed by atoms with E-state index in [0.717, 1.165) is 43.1 Å². The fraction of sp³-hybridized carbons (Fsp3) is 0.333. The first-order valence-corrected chi connectivity index (χ1v) is 9.54. The maximum Gasteiger partial charge on any atom is 0.224 e. The molecule has 2 aromatic rings. The van der Waals surface area contributed by atoms with E-state index in [1.54, 1.807) is 6.92 Å². The number of hydrogen-bond donors (Lipinski definition) is 1. The van der Waals surface area contributed by atoms with Crippen LogP contribution in [0.2, 0.25) is 5.02 Å². The van der Waals surface area contributed by atoms with E-state index in [1.807, 2.05) is 53.4 Å². The number of aryl methyl sites for hydroxylation is 1. The molecule has 0 atom stereocenters. The Hall–Kier alpha value is -2.53. The molecule has 27 heavy (non-hydrogen) atoms. The van der Waals surface area contributed by atoms with Gasteiger partial charge in [0.1, 0.15) is 0 Å². The molecule has 142 valence electrons. The van der Waals surface area contributed by atoms with E-state index in [2.05, 4.69) is 10.2 Å². The van der Waals surface area contributed by atoms with E-state index in [1.165, 1.54) is 0 Å². The van der Waals surface area contributed by atoms with Crippen LogP contribution in [0.25, 0.3) is 0 Å². The third-order valence-electron chi connectivity index (χ3n) is 4.77. The van der Waals surface area contributed by atoms with Gasteiger partial charge in [0, 0.05) is 55.9 Å². The van der Waals surface area contributed by atoms with E-state index >= 15 is 0 Å². The summed E-state index contributed by atoms with van der Waals surface area (Å²) in [5.74, 6) is 0.114. The Labute approximate surface area is 164 Å². The fourth-order valence-electron chi connectivity index (χ4n) is 3.21. The van der Waals surface area contributed by atoms with Crippen molar-refractivity contribution >= 4 is 34.8 Å². The van der Waals surface area contributed by atoms with E-state index in [-0.39, 0.29) is 11.8 Å². The van der Waals surface area contributed by atoms with Gasteiger partial charge in [0.05, 0.1) is 0 Å². The van der Waals surface area contributed by atoms with Crippen LogP contribution in [0, 0.1) is 0 Å². The first-order valence-electron chi connectivity index (χ1n) is 9.16. The number of anilines is 2. The minimum absolute atomic E-state index is 0.0159. The second-order valence-corrected chi connectivity index (χ2v) is 7.15. The zero-order valence-electron chi connectivity index (χ0n) is 15.5. The molecule has 2 amide bonds. The van der Waals surface area contributed by atoms with Crippen molar-refractivity contribution in [2.24, 2.45) is 0 Å². The van der Waals surface area contributed by atoms with Crippen molar-refractivity contribution < 1.29 is 9.59 Å². The number of nitrogens with zero attached hydrogens (tertiary/aromatic N) is 2. The number of rotatable bonds is 5. The van der Waals surface area contributed by atoms with Crippen molar-refractivity contribution in [3.05, 3.63) is 59.1 Å². The van der Waals surface area contributed by atoms with Gasteiger partial charge >= 0.3 is 0 Å². The van der Waals surface area contributed by atoms with Gasteiger partial charge in [0.25, 0.3) is 0 Å². The first-order chi connectivity index (χ1) is 13.0. The molecule has 0 spiro atoms. The maximum absolute atomic E-state index is 12.2. The monoisotopic (exact) mass is 385 g/mol. The molecular weight excluding hydrogens is 362 g/mol. The molecule has 1 N–H and O–H groups in total. The lowest BCUT2D eigenvalue weighted by molar-refractivity contribution is -0.129. The molecule has 1 aliphatic heterocycles. The van der Waals surface area contributed by atoms with Crippen molar-refractivity contribution in [1.29, 1.82) is 0 Å². The Morgan fingerprint density at radius 2 is 1.74 bits per heavy atom. The molecule has 0 unspecified atom stereocenters. The quantitative estimate of drug-likeness (QED) is 0.855. The molecule has 1 heterocycles. The number of hydrogen-bond acceptors (Lipinski definition) is 3. The Morgan fingerprint density at radius 3 is 2.37 bits per heavy atom. The highest BCUT2D eigenvalue weighted by Gasteiger charge is 2.18. The van der Waals surface area contributed by atoms with E-state index in [4.69, 9.17) is 11.6 Å². The minimum atomic E-state index is -0.0159. The van der Waals surface area contributed by atoms with Crippen LogP contribution >= 0.6 is 11.6 Å². The normalized spacial score (nSPS) is 14.1. The molecular formula is C21H24ClN3O2. The highest BCUT2D eigenvalue weighted by Crippen LogP contribution is 2.20. The number of nitrogens with one attached hydrogen (secondary N) is 1. The van der Waals surface area contributed by atoms with E-state index in [0.29, 0.717) is 17.9 Å². The lowest BCUT2D eigenvalue weighted by Gasteiger charge is -2.35. The zero-order chi connectivity index (χ0) is 19.2. The van der Waals surface area contributed by atoms with Crippen molar-refractivity contribution in [2.45, 2.75) is 19.8 Å². The van der Waals surface area contributed by atoms with Crippen LogP contribution in [0.5, 0.6) is 0 Å². The molecule has 0 radical (unpaired) electrons. The van der Waals surface area contributed by atoms with Crippen LogP contribution in [0.4, 0.5) is 11.4 Å². The molecule has 3 rings (SSSR count). The van der Waals surface area contributed by atoms with Gasteiger partial charge in [-0.05, 0) is 48.4 Å². The summed E-state index contributed by atoms with van der Waals surface area (Å²) in [6, 6.07) is 15.4. The molecule has 1 saturated heterocycles. The summed E-state index contributed by atoms with van der Waals surface area (Å²) < 4.78 is 0. The Morgan fingerprint density at radius 1 is 1.04 bits per heavy atom. The van der Waals surface area contributed by atoms with E-state index in [9.17, 15) is 9.59 Å². The standard InChI is InChI=1S/C21H24ClN3O2/c1-16(26)24-11-13-25(14-12-24)20-8-6-19(7-9-20)23-21(27)10-5-17-3-2-4-18(22)15-17/h2-4,6-9,15H,5,10-14H2,1H3,(H,23,27). The van der Waals surface area contributed by atoms with Crippen molar-refractivity contribution in [3.63, 3.8) is 0 Å². The summed E-state index contributed by atoms with van der Waals surface area (Å²) in [5, 5.41) is 3.62. The second-order valence-electron chi connectivity index (χ2n) is 6.72. The summed E-state index contributed by atoms with van der Waals surface area (Å²) in [6.07, 6.45) is 1.07. The van der Waals surface area contributed by atoms with Crippen LogP contribution in [0.3, 0.4) is 0 Å². The highest BCUT2D eigenvalue weighted by molar-refractivity contribution is 6.30. The van der Waals surface area contributed by atoms with Crippen LogP contribution in [-0.2, 0) is 16.0 Å². The minimum Gasteiger partial charge on any atom is -0.368 e. The molecule has 0 aromatic heterocycles. The molecule has 5 nitrogen and oxygen atoms in total. The highest BCUT2D eigenvalue weighted by atomic mass is 35.5. The predicted octanol–water partition coefficient (Wildman–Crippen LogP) is 3.58. The van der Waals surface area contributed by atoms with Gasteiger partial charge in [-0.25, -0.2) is 0 Å². The van der Waals surface area contributed by atoms with Crippen molar-refractivity contribution in [2.75, 3.05) is 36.4 Å². The molecule has 1 fully saturated rings. The van der Waals surface area contributed by atoms with Crippen LogP contribution in [-0.4, -0.2) is 42.9 Å². The average molecular weight is 386 g/mol. The number of carbonyl (C=O) groups excluding carboxylic acids is 2. The van der Waals surface area contributed by atoms with Crippen molar-refractivity contribution in [1.82, 2.24) is 4.90 Å². The van der Waals surface area contributed by atoms with Gasteiger partial charge in [-0.2, -0.15) is 0 Å². The molecule has 1 aliphatic rings. The number of benzene rings is 2. The Balaban J connectivity index is 1.49. The summed E-state index contributed by atoms with van der Waals surface area (Å²) in [5.41, 5.74) is 2.95. The van der Waals surface area contributed by atoms with Gasteiger partial charge < -0.3 is 15.1 Å². The number of amides is 2. The molecule has 0 bridgehead atoms.